The minimum atomic E-state index is -0.114. The van der Waals surface area contributed by atoms with Crippen LogP contribution in [0.15, 0.2) is 42.0 Å². The molecule has 0 unspecified atom stereocenters. The molecule has 0 bridgehead atoms. The van der Waals surface area contributed by atoms with E-state index in [1.165, 1.54) is 16.7 Å². The summed E-state index contributed by atoms with van der Waals surface area (Å²) < 4.78 is 0. The second-order valence-electron chi connectivity index (χ2n) is 5.94. The topological polar surface area (TPSA) is 23.9 Å². The summed E-state index contributed by atoms with van der Waals surface area (Å²) in [5.74, 6) is 0. The van der Waals surface area contributed by atoms with Gasteiger partial charge in [0.1, 0.15) is 0 Å². The molecular weight excluding hydrogens is 218 g/mol. The van der Waals surface area contributed by atoms with Gasteiger partial charge in [-0.25, -0.2) is 0 Å². The molecule has 0 radical (unpaired) electrons. The highest BCUT2D eigenvalue weighted by Crippen LogP contribution is 2.33. The molecule has 0 spiro atoms. The summed E-state index contributed by atoms with van der Waals surface area (Å²) in [5.41, 5.74) is 5.58. The van der Waals surface area contributed by atoms with Crippen LogP contribution in [-0.2, 0) is 0 Å². The first-order valence-corrected chi connectivity index (χ1v) is 6.46. The lowest BCUT2D eigenvalue weighted by Crippen LogP contribution is -2.21. The number of allylic oxidation sites excluding steroid dienone is 4. The fraction of sp³-hybridized carbons (Fsp3) is 0.353. The maximum absolute atomic E-state index is 8.41. The van der Waals surface area contributed by atoms with E-state index >= 15 is 0 Å². The Balaban J connectivity index is 2.51. The van der Waals surface area contributed by atoms with Gasteiger partial charge in [0.25, 0.3) is 0 Å². The van der Waals surface area contributed by atoms with Gasteiger partial charge >= 0.3 is 0 Å². The van der Waals surface area contributed by atoms with Crippen molar-refractivity contribution in [2.75, 3.05) is 0 Å². The summed E-state index contributed by atoms with van der Waals surface area (Å²) in [6, 6.07) is 8.30. The number of nitrogens with one attached hydrogen (secondary N) is 1. The van der Waals surface area contributed by atoms with Crippen molar-refractivity contribution >= 4 is 11.3 Å². The van der Waals surface area contributed by atoms with E-state index in [0.29, 0.717) is 5.71 Å². The molecule has 1 aliphatic rings. The van der Waals surface area contributed by atoms with E-state index in [9.17, 15) is 0 Å². The van der Waals surface area contributed by atoms with Crippen molar-refractivity contribution in [3.63, 3.8) is 0 Å². The van der Waals surface area contributed by atoms with Crippen LogP contribution in [0, 0.1) is 10.8 Å². The lowest BCUT2D eigenvalue weighted by Gasteiger charge is -2.23. The highest BCUT2D eigenvalue weighted by Gasteiger charge is 2.22. The summed E-state index contributed by atoms with van der Waals surface area (Å²) in [6.45, 7) is 8.44. The van der Waals surface area contributed by atoms with Crippen molar-refractivity contribution in [2.24, 2.45) is 5.41 Å². The van der Waals surface area contributed by atoms with E-state index in [-0.39, 0.29) is 5.41 Å². The number of hydrogen-bond acceptors (Lipinski definition) is 1. The van der Waals surface area contributed by atoms with Crippen molar-refractivity contribution < 1.29 is 0 Å². The zero-order valence-corrected chi connectivity index (χ0v) is 11.7. The Morgan fingerprint density at radius 3 is 2.39 bits per heavy atom. The second kappa shape index (κ2) is 4.56. The van der Waals surface area contributed by atoms with Crippen LogP contribution in [-0.4, -0.2) is 5.71 Å². The smallest absolute Gasteiger partial charge is 0.0445 e. The molecule has 18 heavy (non-hydrogen) atoms. The SMILES string of the molecule is CC1=C(c2ccccc2C(=N)C(C)(C)C)CC=C1. The van der Waals surface area contributed by atoms with E-state index in [2.05, 4.69) is 58.0 Å². The average Bonchev–Trinajstić information content (AvgIpc) is 2.73. The maximum Gasteiger partial charge on any atom is 0.0445 e. The minimum Gasteiger partial charge on any atom is -0.304 e. The molecule has 0 saturated heterocycles. The standard InChI is InChI=1S/C17H21N/c1-12-8-7-11-13(12)14-9-5-6-10-15(14)16(18)17(2,3)4/h5-10,18H,11H2,1-4H3. The Morgan fingerprint density at radius 1 is 1.17 bits per heavy atom. The zero-order chi connectivity index (χ0) is 13.3. The van der Waals surface area contributed by atoms with E-state index < -0.39 is 0 Å². The summed E-state index contributed by atoms with van der Waals surface area (Å²) >= 11 is 0. The Kier molecular flexibility index (Phi) is 3.25. The molecule has 1 aliphatic carbocycles. The Morgan fingerprint density at radius 2 is 1.83 bits per heavy atom. The maximum atomic E-state index is 8.41. The van der Waals surface area contributed by atoms with Gasteiger partial charge in [0, 0.05) is 16.7 Å². The molecule has 1 aromatic rings. The first-order chi connectivity index (χ1) is 8.41. The molecule has 0 heterocycles. The van der Waals surface area contributed by atoms with Crippen molar-refractivity contribution in [1.82, 2.24) is 0 Å². The molecule has 1 aromatic carbocycles. The first-order valence-electron chi connectivity index (χ1n) is 6.46. The third kappa shape index (κ3) is 2.31. The quantitative estimate of drug-likeness (QED) is 0.714. The normalized spacial score (nSPS) is 15.3. The first kappa shape index (κ1) is 12.8. The van der Waals surface area contributed by atoms with Gasteiger partial charge in [0.15, 0.2) is 0 Å². The number of benzene rings is 1. The molecule has 0 atom stereocenters. The highest BCUT2D eigenvalue weighted by atomic mass is 14.5. The molecule has 0 aromatic heterocycles. The van der Waals surface area contributed by atoms with Crippen molar-refractivity contribution in [3.05, 3.63) is 53.1 Å². The molecule has 0 fully saturated rings. The Labute approximate surface area is 110 Å². The molecule has 0 aliphatic heterocycles. The van der Waals surface area contributed by atoms with Gasteiger partial charge in [0.05, 0.1) is 0 Å². The van der Waals surface area contributed by atoms with Crippen LogP contribution >= 0.6 is 0 Å². The predicted octanol–water partition coefficient (Wildman–Crippen LogP) is 4.83. The average molecular weight is 239 g/mol. The van der Waals surface area contributed by atoms with E-state index in [1.807, 2.05) is 6.07 Å². The van der Waals surface area contributed by atoms with Gasteiger partial charge in [-0.2, -0.15) is 0 Å². The fourth-order valence-corrected chi connectivity index (χ4v) is 2.31. The van der Waals surface area contributed by atoms with Gasteiger partial charge in [-0.15, -0.1) is 0 Å². The molecule has 1 heteroatoms. The van der Waals surface area contributed by atoms with Crippen LogP contribution < -0.4 is 0 Å². The van der Waals surface area contributed by atoms with Gasteiger partial charge < -0.3 is 5.41 Å². The predicted molar refractivity (Wildman–Crippen MR) is 79.1 cm³/mol. The highest BCUT2D eigenvalue weighted by molar-refractivity contribution is 6.06. The monoisotopic (exact) mass is 239 g/mol. The van der Waals surface area contributed by atoms with Crippen LogP contribution in [0.1, 0.15) is 45.2 Å². The lowest BCUT2D eigenvalue weighted by atomic mass is 9.82. The molecule has 94 valence electrons. The molecular formula is C17H21N. The lowest BCUT2D eigenvalue weighted by molar-refractivity contribution is 0.588. The van der Waals surface area contributed by atoms with Gasteiger partial charge in [-0.1, -0.05) is 57.2 Å². The van der Waals surface area contributed by atoms with Gasteiger partial charge in [-0.05, 0) is 30.1 Å². The number of rotatable bonds is 2. The Bertz CT molecular complexity index is 539. The minimum absolute atomic E-state index is 0.114. The summed E-state index contributed by atoms with van der Waals surface area (Å²) in [5, 5.41) is 8.41. The summed E-state index contributed by atoms with van der Waals surface area (Å²) in [6.07, 6.45) is 5.36. The largest absolute Gasteiger partial charge is 0.304 e. The Hall–Kier alpha value is -1.63. The van der Waals surface area contributed by atoms with E-state index in [0.717, 1.165) is 12.0 Å². The van der Waals surface area contributed by atoms with Crippen LogP contribution in [0.2, 0.25) is 0 Å². The zero-order valence-electron chi connectivity index (χ0n) is 11.7. The van der Waals surface area contributed by atoms with E-state index in [4.69, 9.17) is 5.41 Å². The van der Waals surface area contributed by atoms with Gasteiger partial charge in [0.2, 0.25) is 0 Å². The second-order valence-corrected chi connectivity index (χ2v) is 5.94. The van der Waals surface area contributed by atoms with Crippen molar-refractivity contribution in [3.8, 4) is 0 Å². The van der Waals surface area contributed by atoms with Crippen molar-refractivity contribution in [1.29, 1.82) is 5.41 Å². The van der Waals surface area contributed by atoms with E-state index in [1.54, 1.807) is 0 Å². The molecule has 1 nitrogen and oxygen atoms in total. The van der Waals surface area contributed by atoms with Crippen LogP contribution in [0.5, 0.6) is 0 Å². The molecule has 2 rings (SSSR count). The molecule has 0 amide bonds. The van der Waals surface area contributed by atoms with Gasteiger partial charge in [-0.3, -0.25) is 0 Å². The fourth-order valence-electron chi connectivity index (χ4n) is 2.31. The van der Waals surface area contributed by atoms with Crippen LogP contribution in [0.4, 0.5) is 0 Å². The number of hydrogen-bond donors (Lipinski definition) is 1. The third-order valence-corrected chi connectivity index (χ3v) is 3.44. The molecule has 1 N–H and O–H groups in total. The summed E-state index contributed by atoms with van der Waals surface area (Å²) in [4.78, 5) is 0. The van der Waals surface area contributed by atoms with Crippen molar-refractivity contribution in [2.45, 2.75) is 34.1 Å². The van der Waals surface area contributed by atoms with Crippen LogP contribution in [0.25, 0.3) is 5.57 Å². The summed E-state index contributed by atoms with van der Waals surface area (Å²) in [7, 11) is 0. The molecule has 0 saturated carbocycles. The third-order valence-electron chi connectivity index (χ3n) is 3.44. The van der Waals surface area contributed by atoms with Crippen LogP contribution in [0.3, 0.4) is 0 Å².